The highest BCUT2D eigenvalue weighted by molar-refractivity contribution is 5.39. The molecule has 0 atom stereocenters. The van der Waals surface area contributed by atoms with Crippen LogP contribution >= 0.6 is 0 Å². The zero-order valence-corrected chi connectivity index (χ0v) is 12.1. The predicted octanol–water partition coefficient (Wildman–Crippen LogP) is 1.71. The minimum atomic E-state index is 0.712. The van der Waals surface area contributed by atoms with E-state index >= 15 is 0 Å². The first-order chi connectivity index (χ1) is 10.4. The highest BCUT2D eigenvalue weighted by atomic mass is 16.5. The van der Waals surface area contributed by atoms with E-state index in [1.54, 1.807) is 0 Å². The number of hydrogen-bond acceptors (Lipinski definition) is 4. The summed E-state index contributed by atoms with van der Waals surface area (Å²) >= 11 is 0. The zero-order chi connectivity index (χ0) is 14.1. The highest BCUT2D eigenvalue weighted by Crippen LogP contribution is 2.26. The Morgan fingerprint density at radius 1 is 1.33 bits per heavy atom. The van der Waals surface area contributed by atoms with Gasteiger partial charge in [0.15, 0.2) is 0 Å². The largest absolute Gasteiger partial charge is 0.493 e. The fraction of sp³-hybridized carbons (Fsp3) is 0.500. The second-order valence-electron chi connectivity index (χ2n) is 5.92. The monoisotopic (exact) mass is 284 g/mol. The van der Waals surface area contributed by atoms with E-state index in [-0.39, 0.29) is 0 Å². The molecule has 110 valence electrons. The van der Waals surface area contributed by atoms with Gasteiger partial charge in [-0.2, -0.15) is 0 Å². The van der Waals surface area contributed by atoms with Gasteiger partial charge in [0.25, 0.3) is 0 Å². The van der Waals surface area contributed by atoms with Crippen molar-refractivity contribution < 1.29 is 4.74 Å². The third-order valence-corrected chi connectivity index (χ3v) is 4.12. The third kappa shape index (κ3) is 3.08. The number of hydrogen-bond donors (Lipinski definition) is 1. The molecule has 21 heavy (non-hydrogen) atoms. The molecular formula is C16H20N4O. The average molecular weight is 284 g/mol. The van der Waals surface area contributed by atoms with Gasteiger partial charge in [-0.25, -0.2) is 0 Å². The average Bonchev–Trinajstić information content (AvgIpc) is 3.04. The van der Waals surface area contributed by atoms with Crippen LogP contribution in [-0.4, -0.2) is 27.6 Å². The van der Waals surface area contributed by atoms with Crippen molar-refractivity contribution in [2.75, 3.05) is 6.61 Å². The smallest absolute Gasteiger partial charge is 0.122 e. The van der Waals surface area contributed by atoms with E-state index in [4.69, 9.17) is 4.74 Å². The molecule has 2 aliphatic rings. The summed E-state index contributed by atoms with van der Waals surface area (Å²) in [5.74, 6) is 1.05. The SMILES string of the molecule is c1cc2c(cc1CCn1cc(CNC3CC3)nn1)CCO2. The van der Waals surface area contributed by atoms with Crippen LogP contribution in [0.2, 0.25) is 0 Å². The van der Waals surface area contributed by atoms with Crippen molar-refractivity contribution in [1.82, 2.24) is 20.3 Å². The minimum absolute atomic E-state index is 0.712. The number of aryl methyl sites for hydroxylation is 2. The molecule has 2 heterocycles. The van der Waals surface area contributed by atoms with Gasteiger partial charge in [-0.05, 0) is 36.5 Å². The molecule has 4 rings (SSSR count). The fourth-order valence-electron chi connectivity index (χ4n) is 2.70. The normalized spacial score (nSPS) is 16.8. The molecule has 0 amide bonds. The zero-order valence-electron chi connectivity index (χ0n) is 12.1. The third-order valence-electron chi connectivity index (χ3n) is 4.12. The molecule has 1 aliphatic heterocycles. The quantitative estimate of drug-likeness (QED) is 0.877. The van der Waals surface area contributed by atoms with Crippen molar-refractivity contribution in [3.63, 3.8) is 0 Å². The Morgan fingerprint density at radius 3 is 3.19 bits per heavy atom. The molecular weight excluding hydrogens is 264 g/mol. The molecule has 2 aromatic rings. The lowest BCUT2D eigenvalue weighted by molar-refractivity contribution is 0.357. The lowest BCUT2D eigenvalue weighted by atomic mass is 10.1. The van der Waals surface area contributed by atoms with Gasteiger partial charge in [0, 0.05) is 31.7 Å². The molecule has 0 unspecified atom stereocenters. The molecule has 5 heteroatoms. The number of rotatable bonds is 6. The number of nitrogens with zero attached hydrogens (tertiary/aromatic N) is 3. The van der Waals surface area contributed by atoms with Crippen molar-refractivity contribution >= 4 is 0 Å². The number of fused-ring (bicyclic) bond motifs is 1. The number of aromatic nitrogens is 3. The first-order valence-corrected chi connectivity index (χ1v) is 7.74. The Morgan fingerprint density at radius 2 is 2.29 bits per heavy atom. The van der Waals surface area contributed by atoms with E-state index in [9.17, 15) is 0 Å². The van der Waals surface area contributed by atoms with Gasteiger partial charge in [-0.15, -0.1) is 5.10 Å². The first-order valence-electron chi connectivity index (χ1n) is 7.74. The van der Waals surface area contributed by atoms with E-state index < -0.39 is 0 Å². The molecule has 1 aromatic heterocycles. The lowest BCUT2D eigenvalue weighted by Crippen LogP contribution is -2.15. The minimum Gasteiger partial charge on any atom is -0.493 e. The van der Waals surface area contributed by atoms with Gasteiger partial charge in [-0.3, -0.25) is 4.68 Å². The molecule has 1 aromatic carbocycles. The molecule has 1 N–H and O–H groups in total. The van der Waals surface area contributed by atoms with Gasteiger partial charge >= 0.3 is 0 Å². The van der Waals surface area contributed by atoms with Crippen molar-refractivity contribution in [2.45, 2.75) is 44.8 Å². The summed E-state index contributed by atoms with van der Waals surface area (Å²) in [5.41, 5.74) is 3.71. The first kappa shape index (κ1) is 12.8. The van der Waals surface area contributed by atoms with E-state index in [1.807, 2.05) is 10.9 Å². The molecule has 0 radical (unpaired) electrons. The Balaban J connectivity index is 1.33. The standard InChI is InChI=1S/C16H20N4O/c1-4-16-13(6-8-21-16)9-12(1)5-7-20-11-15(18-19-20)10-17-14-2-3-14/h1,4,9,11,14,17H,2-3,5-8,10H2. The van der Waals surface area contributed by atoms with E-state index in [0.717, 1.165) is 44.0 Å². The van der Waals surface area contributed by atoms with Crippen LogP contribution in [-0.2, 0) is 25.9 Å². The Hall–Kier alpha value is -1.88. The second-order valence-corrected chi connectivity index (χ2v) is 5.92. The topological polar surface area (TPSA) is 52.0 Å². The van der Waals surface area contributed by atoms with Crippen LogP contribution in [0.15, 0.2) is 24.4 Å². The highest BCUT2D eigenvalue weighted by Gasteiger charge is 2.20. The number of ether oxygens (including phenoxy) is 1. The molecule has 1 fully saturated rings. The maximum absolute atomic E-state index is 5.54. The van der Waals surface area contributed by atoms with Gasteiger partial charge in [0.1, 0.15) is 5.75 Å². The molecule has 5 nitrogen and oxygen atoms in total. The molecule has 0 saturated heterocycles. The van der Waals surface area contributed by atoms with Gasteiger partial charge in [0.2, 0.25) is 0 Å². The molecule has 1 saturated carbocycles. The summed E-state index contributed by atoms with van der Waals surface area (Å²) in [6, 6.07) is 7.21. The van der Waals surface area contributed by atoms with Crippen LogP contribution in [0.5, 0.6) is 5.75 Å². The van der Waals surface area contributed by atoms with Crippen LogP contribution in [0.3, 0.4) is 0 Å². The lowest BCUT2D eigenvalue weighted by Gasteiger charge is -2.04. The van der Waals surface area contributed by atoms with Gasteiger partial charge in [0.05, 0.1) is 12.3 Å². The van der Waals surface area contributed by atoms with E-state index in [2.05, 4.69) is 33.8 Å². The van der Waals surface area contributed by atoms with Crippen molar-refractivity contribution in [2.24, 2.45) is 0 Å². The fourth-order valence-corrected chi connectivity index (χ4v) is 2.70. The van der Waals surface area contributed by atoms with Crippen molar-refractivity contribution in [3.05, 3.63) is 41.2 Å². The Labute approximate surface area is 124 Å². The van der Waals surface area contributed by atoms with Crippen molar-refractivity contribution in [1.29, 1.82) is 0 Å². The molecule has 0 bridgehead atoms. The summed E-state index contributed by atoms with van der Waals surface area (Å²) in [7, 11) is 0. The molecule has 1 aliphatic carbocycles. The van der Waals surface area contributed by atoms with Crippen LogP contribution in [0, 0.1) is 0 Å². The van der Waals surface area contributed by atoms with E-state index in [1.165, 1.54) is 24.0 Å². The van der Waals surface area contributed by atoms with Crippen molar-refractivity contribution in [3.8, 4) is 5.75 Å². The van der Waals surface area contributed by atoms with Gasteiger partial charge in [-0.1, -0.05) is 17.3 Å². The van der Waals surface area contributed by atoms with Crippen LogP contribution in [0.4, 0.5) is 0 Å². The Bertz CT molecular complexity index is 633. The predicted molar refractivity (Wildman–Crippen MR) is 79.2 cm³/mol. The maximum Gasteiger partial charge on any atom is 0.122 e. The van der Waals surface area contributed by atoms with E-state index in [0.29, 0.717) is 6.04 Å². The summed E-state index contributed by atoms with van der Waals surface area (Å²) < 4.78 is 7.47. The summed E-state index contributed by atoms with van der Waals surface area (Å²) in [6.07, 6.45) is 6.66. The number of nitrogens with one attached hydrogen (secondary N) is 1. The maximum atomic E-state index is 5.54. The summed E-state index contributed by atoms with van der Waals surface area (Å²) in [4.78, 5) is 0. The molecule has 0 spiro atoms. The summed E-state index contributed by atoms with van der Waals surface area (Å²) in [6.45, 7) is 2.52. The van der Waals surface area contributed by atoms with Crippen LogP contribution < -0.4 is 10.1 Å². The van der Waals surface area contributed by atoms with Crippen LogP contribution in [0.25, 0.3) is 0 Å². The summed E-state index contributed by atoms with van der Waals surface area (Å²) in [5, 5.41) is 11.9. The second kappa shape index (κ2) is 5.48. The number of benzene rings is 1. The van der Waals surface area contributed by atoms with Gasteiger partial charge < -0.3 is 10.1 Å². The Kier molecular flexibility index (Phi) is 3.35. The van der Waals surface area contributed by atoms with Crippen LogP contribution in [0.1, 0.15) is 29.7 Å².